The van der Waals surface area contributed by atoms with Gasteiger partial charge in [-0.15, -0.1) is 0 Å². The predicted octanol–water partition coefficient (Wildman–Crippen LogP) is 2.81. The topological polar surface area (TPSA) is 38.9 Å². The van der Waals surface area contributed by atoms with Crippen LogP contribution >= 0.6 is 0 Å². The van der Waals surface area contributed by atoms with Crippen molar-refractivity contribution in [2.45, 2.75) is 6.42 Å². The van der Waals surface area contributed by atoms with E-state index in [-0.39, 0.29) is 0 Å². The molecule has 0 N–H and O–H groups in total. The zero-order chi connectivity index (χ0) is 10.8. The van der Waals surface area contributed by atoms with Gasteiger partial charge < -0.3 is 4.42 Å². The Hall–Kier alpha value is -2.16. The van der Waals surface area contributed by atoms with Gasteiger partial charge in [0.15, 0.2) is 0 Å². The van der Waals surface area contributed by atoms with Gasteiger partial charge in [0.25, 0.3) is 0 Å². The van der Waals surface area contributed by atoms with Crippen LogP contribution < -0.4 is 0 Å². The Morgan fingerprint density at radius 3 is 2.88 bits per heavy atom. The monoisotopic (exact) mass is 210 g/mol. The van der Waals surface area contributed by atoms with Crippen molar-refractivity contribution in [2.24, 2.45) is 0 Å². The molecule has 0 fully saturated rings. The van der Waals surface area contributed by atoms with E-state index >= 15 is 0 Å². The molecule has 0 aliphatic heterocycles. The number of hydrogen-bond donors (Lipinski definition) is 0. The van der Waals surface area contributed by atoms with Gasteiger partial charge in [-0.3, -0.25) is 0 Å². The number of nitrogens with zero attached hydrogens (tertiary/aromatic N) is 2. The van der Waals surface area contributed by atoms with Gasteiger partial charge in [-0.1, -0.05) is 18.2 Å². The van der Waals surface area contributed by atoms with Crippen molar-refractivity contribution >= 4 is 10.9 Å². The molecule has 0 aliphatic carbocycles. The molecule has 3 nitrogen and oxygen atoms in total. The summed E-state index contributed by atoms with van der Waals surface area (Å²) in [6.07, 6.45) is 4.15. The van der Waals surface area contributed by atoms with E-state index in [4.69, 9.17) is 4.42 Å². The summed E-state index contributed by atoms with van der Waals surface area (Å²) in [5, 5.41) is 1.06. The lowest BCUT2D eigenvalue weighted by atomic mass is 10.2. The maximum absolute atomic E-state index is 5.27. The summed E-state index contributed by atoms with van der Waals surface area (Å²) in [5.74, 6) is 1.67. The number of rotatable bonds is 2. The van der Waals surface area contributed by atoms with Crippen LogP contribution in [-0.4, -0.2) is 9.97 Å². The molecule has 0 unspecified atom stereocenters. The van der Waals surface area contributed by atoms with Crippen molar-refractivity contribution in [3.8, 4) is 0 Å². The van der Waals surface area contributed by atoms with Crippen LogP contribution in [0.5, 0.6) is 0 Å². The predicted molar refractivity (Wildman–Crippen MR) is 61.1 cm³/mol. The Labute approximate surface area is 92.8 Å². The second-order valence-electron chi connectivity index (χ2n) is 3.60. The lowest BCUT2D eigenvalue weighted by molar-refractivity contribution is 0.517. The van der Waals surface area contributed by atoms with E-state index in [2.05, 4.69) is 9.97 Å². The highest BCUT2D eigenvalue weighted by molar-refractivity contribution is 5.77. The highest BCUT2D eigenvalue weighted by atomic mass is 16.3. The van der Waals surface area contributed by atoms with E-state index in [0.29, 0.717) is 6.42 Å². The maximum Gasteiger partial charge on any atom is 0.136 e. The zero-order valence-corrected chi connectivity index (χ0v) is 8.63. The first kappa shape index (κ1) is 9.09. The summed E-state index contributed by atoms with van der Waals surface area (Å²) in [7, 11) is 0. The van der Waals surface area contributed by atoms with Crippen molar-refractivity contribution in [3.05, 3.63) is 60.4 Å². The molecule has 1 aromatic carbocycles. The van der Waals surface area contributed by atoms with E-state index < -0.39 is 0 Å². The van der Waals surface area contributed by atoms with Crippen LogP contribution in [0.1, 0.15) is 11.6 Å². The van der Waals surface area contributed by atoms with Crippen LogP contribution in [0.25, 0.3) is 10.9 Å². The average Bonchev–Trinajstić information content (AvgIpc) is 2.82. The molecule has 0 amide bonds. The average molecular weight is 210 g/mol. The third-order valence-corrected chi connectivity index (χ3v) is 2.45. The van der Waals surface area contributed by atoms with Gasteiger partial charge in [-0.2, -0.15) is 0 Å². The number of fused-ring (bicyclic) bond motifs is 1. The summed E-state index contributed by atoms with van der Waals surface area (Å²) in [4.78, 5) is 8.79. The maximum atomic E-state index is 5.27. The number of hydrogen-bond acceptors (Lipinski definition) is 3. The first-order valence-corrected chi connectivity index (χ1v) is 5.15. The van der Waals surface area contributed by atoms with Crippen molar-refractivity contribution in [2.75, 3.05) is 0 Å². The fourth-order valence-corrected chi connectivity index (χ4v) is 1.66. The molecule has 0 radical (unpaired) electrons. The molecule has 2 heterocycles. The smallest absolute Gasteiger partial charge is 0.136 e. The van der Waals surface area contributed by atoms with Crippen LogP contribution in [0, 0.1) is 0 Å². The minimum absolute atomic E-state index is 0.637. The van der Waals surface area contributed by atoms with Crippen LogP contribution in [-0.2, 0) is 6.42 Å². The van der Waals surface area contributed by atoms with Gasteiger partial charge in [0, 0.05) is 11.6 Å². The quantitative estimate of drug-likeness (QED) is 0.652. The Balaban J connectivity index is 1.99. The molecule has 78 valence electrons. The van der Waals surface area contributed by atoms with Crippen LogP contribution in [0.4, 0.5) is 0 Å². The second-order valence-corrected chi connectivity index (χ2v) is 3.60. The van der Waals surface area contributed by atoms with E-state index in [1.165, 1.54) is 0 Å². The fourth-order valence-electron chi connectivity index (χ4n) is 1.66. The molecule has 0 saturated heterocycles. The summed E-state index contributed by atoms with van der Waals surface area (Å²) >= 11 is 0. The molecule has 16 heavy (non-hydrogen) atoms. The van der Waals surface area contributed by atoms with Crippen LogP contribution in [0.2, 0.25) is 0 Å². The van der Waals surface area contributed by atoms with Gasteiger partial charge in [0.2, 0.25) is 0 Å². The van der Waals surface area contributed by atoms with E-state index in [9.17, 15) is 0 Å². The Morgan fingerprint density at radius 2 is 2.00 bits per heavy atom. The normalized spacial score (nSPS) is 10.8. The molecule has 3 aromatic rings. The Morgan fingerprint density at radius 1 is 1.06 bits per heavy atom. The fraction of sp³-hybridized carbons (Fsp3) is 0.0769. The number of aromatic nitrogens is 2. The summed E-state index contributed by atoms with van der Waals surface area (Å²) in [6, 6.07) is 11.8. The largest absolute Gasteiger partial charge is 0.469 e. The molecular formula is C13H10N2O. The standard InChI is InChI=1S/C13H10N2O/c1-2-6-12-10(4-1)9-14-13(15-12)8-11-5-3-7-16-11/h1-7,9H,8H2. The summed E-state index contributed by atoms with van der Waals surface area (Å²) in [5.41, 5.74) is 0.971. The van der Waals surface area contributed by atoms with Gasteiger partial charge in [0.05, 0.1) is 18.2 Å². The SMILES string of the molecule is c1coc(Cc2ncc3ccccc3n2)c1. The molecule has 3 rings (SSSR count). The van der Waals surface area contributed by atoms with Gasteiger partial charge in [0.1, 0.15) is 11.6 Å². The number of furan rings is 1. The van der Waals surface area contributed by atoms with Crippen LogP contribution in [0.15, 0.2) is 53.3 Å². The van der Waals surface area contributed by atoms with E-state index in [1.807, 2.05) is 42.6 Å². The zero-order valence-electron chi connectivity index (χ0n) is 8.63. The third-order valence-electron chi connectivity index (χ3n) is 2.45. The Kier molecular flexibility index (Phi) is 2.14. The molecular weight excluding hydrogens is 200 g/mol. The highest BCUT2D eigenvalue weighted by Gasteiger charge is 2.02. The van der Waals surface area contributed by atoms with Crippen LogP contribution in [0.3, 0.4) is 0 Å². The van der Waals surface area contributed by atoms with Crippen molar-refractivity contribution in [1.82, 2.24) is 9.97 Å². The first-order valence-electron chi connectivity index (χ1n) is 5.15. The number of para-hydroxylation sites is 1. The highest BCUT2D eigenvalue weighted by Crippen LogP contribution is 2.12. The van der Waals surface area contributed by atoms with Crippen molar-refractivity contribution in [3.63, 3.8) is 0 Å². The third kappa shape index (κ3) is 1.67. The van der Waals surface area contributed by atoms with Crippen molar-refractivity contribution in [1.29, 1.82) is 0 Å². The molecule has 0 spiro atoms. The lowest BCUT2D eigenvalue weighted by Gasteiger charge is -1.99. The van der Waals surface area contributed by atoms with Gasteiger partial charge in [-0.25, -0.2) is 9.97 Å². The van der Waals surface area contributed by atoms with E-state index in [1.54, 1.807) is 6.26 Å². The lowest BCUT2D eigenvalue weighted by Crippen LogP contribution is -1.95. The minimum Gasteiger partial charge on any atom is -0.469 e. The first-order chi connectivity index (χ1) is 7.92. The summed E-state index contributed by atoms with van der Waals surface area (Å²) in [6.45, 7) is 0. The Bertz CT molecular complexity index is 602. The van der Waals surface area contributed by atoms with Crippen molar-refractivity contribution < 1.29 is 4.42 Å². The van der Waals surface area contributed by atoms with E-state index in [0.717, 1.165) is 22.5 Å². The molecule has 0 atom stereocenters. The molecule has 3 heteroatoms. The molecule has 2 aromatic heterocycles. The second kappa shape index (κ2) is 3.77. The molecule has 0 saturated carbocycles. The minimum atomic E-state index is 0.637. The van der Waals surface area contributed by atoms with Gasteiger partial charge in [-0.05, 0) is 18.2 Å². The summed E-state index contributed by atoms with van der Waals surface area (Å²) < 4.78 is 5.27. The molecule has 0 bridgehead atoms. The number of benzene rings is 1. The van der Waals surface area contributed by atoms with Gasteiger partial charge >= 0.3 is 0 Å². The molecule has 0 aliphatic rings.